The number of halogens is 1. The van der Waals surface area contributed by atoms with Crippen LogP contribution in [0.5, 0.6) is 5.75 Å². The largest absolute Gasteiger partial charge is 0.497 e. The summed E-state index contributed by atoms with van der Waals surface area (Å²) in [5.74, 6) is 1.39. The fourth-order valence-corrected chi connectivity index (χ4v) is 3.08. The molecule has 6 nitrogen and oxygen atoms in total. The van der Waals surface area contributed by atoms with E-state index in [4.69, 9.17) is 16.3 Å². The molecular weight excluding hydrogens is 328 g/mol. The number of benzene rings is 1. The van der Waals surface area contributed by atoms with Crippen molar-refractivity contribution in [3.63, 3.8) is 0 Å². The summed E-state index contributed by atoms with van der Waals surface area (Å²) in [7, 11) is 1.58. The molecule has 1 aliphatic rings. The summed E-state index contributed by atoms with van der Waals surface area (Å²) < 4.78 is 5.23. The van der Waals surface area contributed by atoms with Gasteiger partial charge in [-0.25, -0.2) is 4.98 Å². The number of pyridine rings is 1. The molecule has 0 N–H and O–H groups in total. The molecule has 7 heteroatoms. The van der Waals surface area contributed by atoms with Gasteiger partial charge < -0.3 is 9.64 Å². The number of rotatable bonds is 2. The fraction of sp³-hybridized carbons (Fsp3) is 0.176. The van der Waals surface area contributed by atoms with Crippen molar-refractivity contribution < 1.29 is 9.53 Å². The lowest BCUT2D eigenvalue weighted by molar-refractivity contribution is 0.0981. The first kappa shape index (κ1) is 14.8. The van der Waals surface area contributed by atoms with Gasteiger partial charge in [-0.1, -0.05) is 0 Å². The molecule has 2 aromatic heterocycles. The van der Waals surface area contributed by atoms with Crippen molar-refractivity contribution in [2.24, 2.45) is 0 Å². The average Bonchev–Trinajstić information content (AvgIpc) is 2.61. The van der Waals surface area contributed by atoms with E-state index in [-0.39, 0.29) is 11.1 Å². The predicted molar refractivity (Wildman–Crippen MR) is 91.3 cm³/mol. The molecule has 4 rings (SSSR count). The minimum Gasteiger partial charge on any atom is -0.497 e. The average molecular weight is 341 g/mol. The van der Waals surface area contributed by atoms with Crippen molar-refractivity contribution in [1.82, 2.24) is 15.0 Å². The summed E-state index contributed by atoms with van der Waals surface area (Å²) >= 11 is 6.07. The van der Waals surface area contributed by atoms with Crippen molar-refractivity contribution in [3.8, 4) is 5.75 Å². The van der Waals surface area contributed by atoms with Crippen molar-refractivity contribution in [2.75, 3.05) is 18.6 Å². The lowest BCUT2D eigenvalue weighted by atomic mass is 9.99. The van der Waals surface area contributed by atoms with Crippen LogP contribution in [0.3, 0.4) is 0 Å². The van der Waals surface area contributed by atoms with Gasteiger partial charge in [-0.15, -0.1) is 0 Å². The third-order valence-corrected chi connectivity index (χ3v) is 4.21. The first-order valence-corrected chi connectivity index (χ1v) is 7.82. The zero-order valence-corrected chi connectivity index (χ0v) is 13.6. The van der Waals surface area contributed by atoms with Gasteiger partial charge in [0.1, 0.15) is 11.6 Å². The highest BCUT2D eigenvalue weighted by atomic mass is 35.5. The molecule has 0 spiro atoms. The molecule has 0 unspecified atom stereocenters. The second-order valence-electron chi connectivity index (χ2n) is 5.40. The number of fused-ring (bicyclic) bond motifs is 2. The van der Waals surface area contributed by atoms with E-state index in [9.17, 15) is 4.79 Å². The van der Waals surface area contributed by atoms with Gasteiger partial charge in [0.25, 0.3) is 0 Å². The Hall–Kier alpha value is -2.73. The molecule has 1 aromatic carbocycles. The number of ether oxygens (including phenoxy) is 1. The van der Waals surface area contributed by atoms with Gasteiger partial charge in [0.15, 0.2) is 11.4 Å². The van der Waals surface area contributed by atoms with Crippen LogP contribution in [-0.2, 0) is 0 Å². The molecule has 120 valence electrons. The van der Waals surface area contributed by atoms with Crippen molar-refractivity contribution in [2.45, 2.75) is 6.42 Å². The monoisotopic (exact) mass is 340 g/mol. The first-order chi connectivity index (χ1) is 11.7. The highest BCUT2D eigenvalue weighted by Gasteiger charge is 2.27. The second kappa shape index (κ2) is 5.72. The molecule has 1 aliphatic heterocycles. The van der Waals surface area contributed by atoms with Gasteiger partial charge in [-0.2, -0.15) is 9.97 Å². The Morgan fingerprint density at radius 2 is 2.12 bits per heavy atom. The molecule has 24 heavy (non-hydrogen) atoms. The number of carbonyl (C=O) groups excluding carboxylic acids is 1. The summed E-state index contributed by atoms with van der Waals surface area (Å²) in [6.45, 7) is 0.523. The number of carbonyl (C=O) groups is 1. The Bertz CT molecular complexity index is 960. The Balaban J connectivity index is 1.93. The molecule has 0 saturated heterocycles. The van der Waals surface area contributed by atoms with Crippen LogP contribution in [0.2, 0.25) is 5.28 Å². The maximum atomic E-state index is 12.3. The number of ketones is 1. The zero-order chi connectivity index (χ0) is 16.7. The Labute approximate surface area is 143 Å². The molecule has 0 atom stereocenters. The smallest absolute Gasteiger partial charge is 0.226 e. The standard InChI is InChI=1S/C17H13ClN4O2/c1-24-10-4-5-13-12(9-10)14(23)6-8-22(13)16-11-3-2-7-19-15(11)20-17(18)21-16/h2-5,7,9H,6,8H2,1H3. The van der Waals surface area contributed by atoms with Gasteiger partial charge >= 0.3 is 0 Å². The van der Waals surface area contributed by atoms with Crippen LogP contribution in [-0.4, -0.2) is 34.4 Å². The summed E-state index contributed by atoms with van der Waals surface area (Å²) in [5, 5.41) is 0.918. The van der Waals surface area contributed by atoms with Crippen LogP contribution in [0, 0.1) is 0 Å². The van der Waals surface area contributed by atoms with Gasteiger partial charge in [-0.3, -0.25) is 4.79 Å². The van der Waals surface area contributed by atoms with Crippen LogP contribution >= 0.6 is 11.6 Å². The Morgan fingerprint density at radius 3 is 2.96 bits per heavy atom. The van der Waals surface area contributed by atoms with Crippen LogP contribution in [0.15, 0.2) is 36.5 Å². The molecular formula is C17H13ClN4O2. The minimum atomic E-state index is 0.0859. The summed E-state index contributed by atoms with van der Waals surface area (Å²) in [4.78, 5) is 27.1. The lowest BCUT2D eigenvalue weighted by Gasteiger charge is -2.30. The van der Waals surface area contributed by atoms with E-state index in [1.54, 1.807) is 19.4 Å². The lowest BCUT2D eigenvalue weighted by Crippen LogP contribution is -2.29. The SMILES string of the molecule is COc1ccc2c(c1)C(=O)CCN2c1nc(Cl)nc2ncccc12. The number of anilines is 2. The number of nitrogens with zero attached hydrogens (tertiary/aromatic N) is 4. The van der Waals surface area contributed by atoms with E-state index in [0.717, 1.165) is 11.1 Å². The number of hydrogen-bond donors (Lipinski definition) is 0. The van der Waals surface area contributed by atoms with E-state index in [0.29, 0.717) is 35.7 Å². The van der Waals surface area contributed by atoms with Gasteiger partial charge in [0.05, 0.1) is 18.2 Å². The van der Waals surface area contributed by atoms with Gasteiger partial charge in [0, 0.05) is 24.7 Å². The molecule has 0 bridgehead atoms. The van der Waals surface area contributed by atoms with Crippen molar-refractivity contribution >= 4 is 39.9 Å². The third-order valence-electron chi connectivity index (χ3n) is 4.04. The molecule has 3 aromatic rings. The van der Waals surface area contributed by atoms with Crippen LogP contribution in [0.1, 0.15) is 16.8 Å². The van der Waals surface area contributed by atoms with Gasteiger partial charge in [0.2, 0.25) is 5.28 Å². The summed E-state index contributed by atoms with van der Waals surface area (Å²) in [6.07, 6.45) is 2.05. The van der Waals surface area contributed by atoms with E-state index in [2.05, 4.69) is 15.0 Å². The molecule has 0 fully saturated rings. The zero-order valence-electron chi connectivity index (χ0n) is 12.9. The number of hydrogen-bond acceptors (Lipinski definition) is 6. The number of Topliss-reactive ketones (excluding diaryl/α,β-unsaturated/α-hetero) is 1. The van der Waals surface area contributed by atoms with E-state index < -0.39 is 0 Å². The third kappa shape index (κ3) is 2.35. The van der Waals surface area contributed by atoms with E-state index in [1.165, 1.54) is 0 Å². The topological polar surface area (TPSA) is 68.2 Å². The van der Waals surface area contributed by atoms with Crippen LogP contribution in [0.4, 0.5) is 11.5 Å². The van der Waals surface area contributed by atoms with Gasteiger partial charge in [-0.05, 0) is 41.9 Å². The normalized spacial score (nSPS) is 13.9. The summed E-state index contributed by atoms with van der Waals surface area (Å²) in [5.41, 5.74) is 1.93. The van der Waals surface area contributed by atoms with Crippen molar-refractivity contribution in [3.05, 3.63) is 47.4 Å². The minimum absolute atomic E-state index is 0.0859. The summed E-state index contributed by atoms with van der Waals surface area (Å²) in [6, 6.07) is 9.17. The molecule has 0 saturated carbocycles. The van der Waals surface area contributed by atoms with E-state index in [1.807, 2.05) is 29.2 Å². The number of aromatic nitrogens is 3. The Morgan fingerprint density at radius 1 is 1.25 bits per heavy atom. The fourth-order valence-electron chi connectivity index (χ4n) is 2.92. The predicted octanol–water partition coefficient (Wildman–Crippen LogP) is 3.41. The van der Waals surface area contributed by atoms with Crippen LogP contribution < -0.4 is 9.64 Å². The maximum Gasteiger partial charge on any atom is 0.226 e. The Kier molecular flexibility index (Phi) is 3.54. The molecule has 3 heterocycles. The first-order valence-electron chi connectivity index (χ1n) is 7.44. The quantitative estimate of drug-likeness (QED) is 0.666. The molecule has 0 amide bonds. The highest BCUT2D eigenvalue weighted by Crippen LogP contribution is 2.37. The second-order valence-corrected chi connectivity index (χ2v) is 5.74. The molecule has 0 radical (unpaired) electrons. The van der Waals surface area contributed by atoms with E-state index >= 15 is 0 Å². The maximum absolute atomic E-state index is 12.3. The van der Waals surface area contributed by atoms with Crippen LogP contribution in [0.25, 0.3) is 11.0 Å². The van der Waals surface area contributed by atoms with Crippen molar-refractivity contribution in [1.29, 1.82) is 0 Å². The highest BCUT2D eigenvalue weighted by molar-refractivity contribution is 6.28. The molecule has 0 aliphatic carbocycles. The number of methoxy groups -OCH3 is 1.